The third kappa shape index (κ3) is 15.7. The van der Waals surface area contributed by atoms with Crippen molar-refractivity contribution < 1.29 is 11.0 Å². The first-order chi connectivity index (χ1) is 10.8. The highest BCUT2D eigenvalue weighted by Crippen LogP contribution is 2.13. The van der Waals surface area contributed by atoms with Crippen molar-refractivity contribution in [1.29, 1.82) is 0 Å². The van der Waals surface area contributed by atoms with E-state index in [1.807, 2.05) is 6.92 Å². The second-order valence-corrected chi connectivity index (χ2v) is 6.26. The normalized spacial score (nSPS) is 13.9. The molecule has 0 saturated carbocycles. The topological polar surface area (TPSA) is 46.2 Å². The van der Waals surface area contributed by atoms with Crippen LogP contribution in [0.3, 0.4) is 0 Å². The van der Waals surface area contributed by atoms with Crippen molar-refractivity contribution in [3.63, 3.8) is 0 Å². The number of unbranched alkanes of at least 4 members (excludes halogenated alkanes) is 3. The number of rotatable bonds is 12. The Hall–Kier alpha value is -0.700. The number of carbonyl (C=O) groups is 2. The Bertz CT molecular complexity index is 306. The lowest BCUT2D eigenvalue weighted by atomic mass is 9.96. The third-order valence-electron chi connectivity index (χ3n) is 4.19. The van der Waals surface area contributed by atoms with Gasteiger partial charge in [-0.25, -0.2) is 0 Å². The molecule has 0 aliphatic rings. The molecular weight excluding hydrogens is 274 g/mol. The van der Waals surface area contributed by atoms with E-state index in [-0.39, 0.29) is 11.8 Å². The van der Waals surface area contributed by atoms with Gasteiger partial charge in [0.25, 0.3) is 0 Å². The van der Waals surface area contributed by atoms with Crippen molar-refractivity contribution in [2.75, 3.05) is 13.6 Å². The van der Waals surface area contributed by atoms with E-state index in [1.54, 1.807) is 20.9 Å². The van der Waals surface area contributed by atoms with Crippen molar-refractivity contribution in [3.8, 4) is 0 Å². The maximum absolute atomic E-state index is 11.1. The molecule has 0 bridgehead atoms. The van der Waals surface area contributed by atoms with Gasteiger partial charge in [0.2, 0.25) is 0 Å². The minimum Gasteiger partial charge on any atom is -0.320 e. The molecule has 22 heavy (non-hydrogen) atoms. The molecule has 2 unspecified atom stereocenters. The SMILES string of the molecule is CCCCCC(C)C(C)=O.[2H]N(C)CCCCC(CC)C(C)=O. The van der Waals surface area contributed by atoms with Crippen LogP contribution in [-0.2, 0) is 9.59 Å². The van der Waals surface area contributed by atoms with Crippen LogP contribution in [0, 0.1) is 11.8 Å². The van der Waals surface area contributed by atoms with Crippen LogP contribution in [0.25, 0.3) is 0 Å². The highest BCUT2D eigenvalue weighted by molar-refractivity contribution is 5.78. The second-order valence-electron chi connectivity index (χ2n) is 6.26. The molecule has 0 aliphatic heterocycles. The molecule has 0 spiro atoms. The highest BCUT2D eigenvalue weighted by Gasteiger charge is 2.10. The molecular formula is C19H39NO2. The van der Waals surface area contributed by atoms with E-state index < -0.39 is 0 Å². The van der Waals surface area contributed by atoms with Gasteiger partial charge in [0.05, 0.1) is 0 Å². The van der Waals surface area contributed by atoms with E-state index in [9.17, 15) is 9.59 Å². The van der Waals surface area contributed by atoms with Crippen molar-refractivity contribution >= 4 is 11.6 Å². The molecule has 0 saturated heterocycles. The average Bonchev–Trinajstić information content (AvgIpc) is 2.47. The Morgan fingerprint density at radius 3 is 2.00 bits per heavy atom. The van der Waals surface area contributed by atoms with Gasteiger partial charge in [0.15, 0.2) is 0 Å². The number of ketones is 2. The third-order valence-corrected chi connectivity index (χ3v) is 4.19. The Labute approximate surface area is 140 Å². The lowest BCUT2D eigenvalue weighted by Crippen LogP contribution is -2.11. The molecule has 0 fully saturated rings. The highest BCUT2D eigenvalue weighted by atomic mass is 16.1. The average molecular weight is 315 g/mol. The maximum atomic E-state index is 11.1. The van der Waals surface area contributed by atoms with E-state index in [4.69, 9.17) is 1.41 Å². The van der Waals surface area contributed by atoms with Gasteiger partial charge in [-0.1, -0.05) is 46.5 Å². The van der Waals surface area contributed by atoms with Crippen molar-refractivity contribution in [1.82, 2.24) is 5.31 Å². The van der Waals surface area contributed by atoms with Gasteiger partial charge >= 0.3 is 0 Å². The number of Topliss-reactive ketones (excluding diaryl/α,β-unsaturated/α-hetero) is 2. The fraction of sp³-hybridized carbons (Fsp3) is 0.895. The minimum absolute atomic E-state index is 0.246. The zero-order valence-electron chi connectivity index (χ0n) is 16.8. The van der Waals surface area contributed by atoms with Crippen molar-refractivity contribution in [3.05, 3.63) is 0 Å². The van der Waals surface area contributed by atoms with Crippen LogP contribution in [0.15, 0.2) is 0 Å². The summed E-state index contributed by atoms with van der Waals surface area (Å²) in [6.45, 7) is 10.4. The molecule has 132 valence electrons. The lowest BCUT2D eigenvalue weighted by Gasteiger charge is -2.09. The zero-order valence-corrected chi connectivity index (χ0v) is 15.8. The molecule has 0 amide bonds. The van der Waals surface area contributed by atoms with E-state index in [2.05, 4.69) is 13.8 Å². The standard InChI is InChI=1S/C10H21NO.C9H18O/c1-4-10(9(2)12)7-5-6-8-11-3;1-4-5-6-7-8(2)9(3)10/h10-11H,4-8H2,1-3H3;8H,4-7H2,1-3H3/i/hD. The predicted molar refractivity (Wildman–Crippen MR) is 96.2 cm³/mol. The summed E-state index contributed by atoms with van der Waals surface area (Å²) < 4.78 is 7.16. The number of hydrogen-bond donors (Lipinski definition) is 1. The summed E-state index contributed by atoms with van der Waals surface area (Å²) in [7, 11) is 1.75. The Morgan fingerprint density at radius 1 is 1.00 bits per heavy atom. The molecule has 0 aliphatic carbocycles. The van der Waals surface area contributed by atoms with Crippen LogP contribution >= 0.6 is 0 Å². The number of nitrogens with one attached hydrogen (secondary N) is 1. The number of hydrogen-bond acceptors (Lipinski definition) is 3. The number of carbonyl (C=O) groups excluding carboxylic acids is 2. The summed E-state index contributed by atoms with van der Waals surface area (Å²) in [5, 5.41) is 1.44. The van der Waals surface area contributed by atoms with Crippen LogP contribution < -0.4 is 5.31 Å². The van der Waals surface area contributed by atoms with Crippen LogP contribution in [0.5, 0.6) is 0 Å². The molecule has 3 heteroatoms. The van der Waals surface area contributed by atoms with Gasteiger partial charge in [-0.15, -0.1) is 0 Å². The van der Waals surface area contributed by atoms with Crippen LogP contribution in [0.4, 0.5) is 0 Å². The maximum Gasteiger partial charge on any atom is 0.132 e. The molecule has 0 heterocycles. The van der Waals surface area contributed by atoms with Gasteiger partial charge in [0.1, 0.15) is 13.0 Å². The van der Waals surface area contributed by atoms with E-state index in [1.165, 1.54) is 24.6 Å². The van der Waals surface area contributed by atoms with Gasteiger partial charge in [-0.05, 0) is 53.1 Å². The molecule has 0 aromatic rings. The molecule has 0 radical (unpaired) electrons. The van der Waals surface area contributed by atoms with Crippen molar-refractivity contribution in [2.24, 2.45) is 11.8 Å². The summed E-state index contributed by atoms with van der Waals surface area (Å²) in [4.78, 5) is 21.8. The summed E-state index contributed by atoms with van der Waals surface area (Å²) >= 11 is 0. The Morgan fingerprint density at radius 2 is 1.59 bits per heavy atom. The van der Waals surface area contributed by atoms with Crippen LogP contribution in [0.2, 0.25) is 1.41 Å². The van der Waals surface area contributed by atoms with Crippen molar-refractivity contribution in [2.45, 2.75) is 86.0 Å². The molecule has 3 nitrogen and oxygen atoms in total. The minimum atomic E-state index is 0.246. The lowest BCUT2D eigenvalue weighted by molar-refractivity contribution is -0.121. The summed E-state index contributed by atoms with van der Waals surface area (Å²) in [5.74, 6) is 1.17. The van der Waals surface area contributed by atoms with Gasteiger partial charge in [-0.3, -0.25) is 9.59 Å². The molecule has 0 aromatic heterocycles. The summed E-state index contributed by atoms with van der Waals surface area (Å²) in [5.41, 5.74) is 0. The monoisotopic (exact) mass is 314 g/mol. The van der Waals surface area contributed by atoms with E-state index >= 15 is 0 Å². The Kier molecular flexibility index (Phi) is 16.1. The zero-order chi connectivity index (χ0) is 18.3. The van der Waals surface area contributed by atoms with Gasteiger partial charge in [0, 0.05) is 11.8 Å². The van der Waals surface area contributed by atoms with Crippen LogP contribution in [-0.4, -0.2) is 25.2 Å². The van der Waals surface area contributed by atoms with Crippen LogP contribution in [0.1, 0.15) is 86.0 Å². The molecule has 0 rings (SSSR count). The molecule has 2 atom stereocenters. The van der Waals surface area contributed by atoms with E-state index in [0.29, 0.717) is 11.6 Å². The summed E-state index contributed by atoms with van der Waals surface area (Å²) in [6, 6.07) is 0. The quantitative estimate of drug-likeness (QED) is 0.527. The fourth-order valence-corrected chi connectivity index (χ4v) is 2.26. The summed E-state index contributed by atoms with van der Waals surface area (Å²) in [6.07, 6.45) is 8.79. The first-order valence-corrected chi connectivity index (χ1v) is 8.97. The first-order valence-electron chi connectivity index (χ1n) is 9.41. The fourth-order valence-electron chi connectivity index (χ4n) is 2.26. The molecule has 1 N–H and O–H groups in total. The largest absolute Gasteiger partial charge is 0.320 e. The smallest absolute Gasteiger partial charge is 0.132 e. The van der Waals surface area contributed by atoms with Gasteiger partial charge in [-0.2, -0.15) is 0 Å². The van der Waals surface area contributed by atoms with Gasteiger partial charge < -0.3 is 5.31 Å². The van der Waals surface area contributed by atoms with E-state index in [0.717, 1.165) is 38.6 Å². The first kappa shape index (κ1) is 21.3. The predicted octanol–water partition coefficient (Wildman–Crippen LogP) is 4.78. The molecule has 0 aromatic carbocycles. The second kappa shape index (κ2) is 16.7. The Balaban J connectivity index is 0.